The van der Waals surface area contributed by atoms with Crippen molar-refractivity contribution in [3.8, 4) is 0 Å². The van der Waals surface area contributed by atoms with Crippen LogP contribution in [0, 0.1) is 5.92 Å². The van der Waals surface area contributed by atoms with E-state index in [0.29, 0.717) is 17.0 Å². The molecule has 5 nitrogen and oxygen atoms in total. The van der Waals surface area contributed by atoms with Crippen LogP contribution in [-0.2, 0) is 0 Å². The molecule has 2 heterocycles. The largest absolute Gasteiger partial charge is 0.344 e. The minimum atomic E-state index is -0.0415. The summed E-state index contributed by atoms with van der Waals surface area (Å²) in [5.41, 5.74) is 2.12. The van der Waals surface area contributed by atoms with E-state index in [-0.39, 0.29) is 11.9 Å². The SMILES string of the molecule is O=C(N[C@@H](c1cccs1)C1CCCC1)c1ccc2n[nH]nc2c1. The van der Waals surface area contributed by atoms with Gasteiger partial charge in [0.25, 0.3) is 5.91 Å². The molecule has 1 aromatic carbocycles. The van der Waals surface area contributed by atoms with E-state index in [4.69, 9.17) is 0 Å². The predicted molar refractivity (Wildman–Crippen MR) is 90.4 cm³/mol. The van der Waals surface area contributed by atoms with Crippen molar-refractivity contribution in [2.24, 2.45) is 5.92 Å². The number of fused-ring (bicyclic) bond motifs is 1. The zero-order chi connectivity index (χ0) is 15.6. The second-order valence-corrected chi connectivity index (χ2v) is 7.02. The zero-order valence-electron chi connectivity index (χ0n) is 12.7. The summed E-state index contributed by atoms with van der Waals surface area (Å²) in [6, 6.07) is 9.69. The Balaban J connectivity index is 1.58. The number of amides is 1. The van der Waals surface area contributed by atoms with Crippen LogP contribution in [0.3, 0.4) is 0 Å². The Morgan fingerprint density at radius 3 is 2.83 bits per heavy atom. The van der Waals surface area contributed by atoms with Gasteiger partial charge in [0.15, 0.2) is 0 Å². The number of thiophene rings is 1. The van der Waals surface area contributed by atoms with Gasteiger partial charge in [-0.2, -0.15) is 15.4 Å². The van der Waals surface area contributed by atoms with Crippen LogP contribution in [-0.4, -0.2) is 21.3 Å². The van der Waals surface area contributed by atoms with Crippen LogP contribution in [0.1, 0.15) is 47.0 Å². The molecule has 1 aliphatic carbocycles. The molecule has 0 radical (unpaired) electrons. The van der Waals surface area contributed by atoms with Crippen molar-refractivity contribution in [3.63, 3.8) is 0 Å². The normalized spacial score (nSPS) is 16.7. The maximum absolute atomic E-state index is 12.7. The van der Waals surface area contributed by atoms with Crippen molar-refractivity contribution in [1.82, 2.24) is 20.7 Å². The third-order valence-electron chi connectivity index (χ3n) is 4.59. The average Bonchev–Trinajstić information content (AvgIpc) is 3.34. The van der Waals surface area contributed by atoms with Crippen LogP contribution in [0.4, 0.5) is 0 Å². The lowest BCUT2D eigenvalue weighted by Gasteiger charge is -2.23. The number of benzene rings is 1. The molecule has 0 saturated heterocycles. The van der Waals surface area contributed by atoms with Gasteiger partial charge in [-0.3, -0.25) is 4.79 Å². The van der Waals surface area contributed by atoms with Gasteiger partial charge in [-0.1, -0.05) is 18.9 Å². The Morgan fingerprint density at radius 2 is 2.04 bits per heavy atom. The Labute approximate surface area is 138 Å². The Hall–Kier alpha value is -2.21. The summed E-state index contributed by atoms with van der Waals surface area (Å²) in [5.74, 6) is 0.494. The molecule has 2 N–H and O–H groups in total. The van der Waals surface area contributed by atoms with Gasteiger partial charge in [0.05, 0.1) is 6.04 Å². The lowest BCUT2D eigenvalue weighted by atomic mass is 9.96. The van der Waals surface area contributed by atoms with Crippen molar-refractivity contribution < 1.29 is 4.79 Å². The highest BCUT2D eigenvalue weighted by Gasteiger charge is 2.28. The van der Waals surface area contributed by atoms with Crippen molar-refractivity contribution in [2.75, 3.05) is 0 Å². The van der Waals surface area contributed by atoms with Crippen molar-refractivity contribution >= 4 is 28.3 Å². The van der Waals surface area contributed by atoms with E-state index in [1.54, 1.807) is 23.5 Å². The van der Waals surface area contributed by atoms with Crippen LogP contribution < -0.4 is 5.32 Å². The van der Waals surface area contributed by atoms with Gasteiger partial charge in [0.2, 0.25) is 0 Å². The van der Waals surface area contributed by atoms with E-state index in [1.807, 2.05) is 6.07 Å². The molecule has 0 unspecified atom stereocenters. The Morgan fingerprint density at radius 1 is 1.22 bits per heavy atom. The first kappa shape index (κ1) is 14.4. The summed E-state index contributed by atoms with van der Waals surface area (Å²) in [6.45, 7) is 0. The van der Waals surface area contributed by atoms with E-state index in [9.17, 15) is 4.79 Å². The van der Waals surface area contributed by atoms with Gasteiger partial charge in [-0.25, -0.2) is 0 Å². The summed E-state index contributed by atoms with van der Waals surface area (Å²) in [4.78, 5) is 14.0. The first-order valence-electron chi connectivity index (χ1n) is 7.96. The maximum atomic E-state index is 12.7. The monoisotopic (exact) mass is 326 g/mol. The van der Waals surface area contributed by atoms with Crippen LogP contribution >= 0.6 is 11.3 Å². The smallest absolute Gasteiger partial charge is 0.251 e. The highest BCUT2D eigenvalue weighted by molar-refractivity contribution is 7.10. The van der Waals surface area contributed by atoms with E-state index in [2.05, 4.69) is 38.2 Å². The van der Waals surface area contributed by atoms with E-state index in [0.717, 1.165) is 5.52 Å². The zero-order valence-corrected chi connectivity index (χ0v) is 13.5. The quantitative estimate of drug-likeness (QED) is 0.768. The maximum Gasteiger partial charge on any atom is 0.251 e. The van der Waals surface area contributed by atoms with Gasteiger partial charge in [-0.15, -0.1) is 11.3 Å². The molecule has 0 aliphatic heterocycles. The number of nitrogens with one attached hydrogen (secondary N) is 2. The molecule has 0 bridgehead atoms. The summed E-state index contributed by atoms with van der Waals surface area (Å²) < 4.78 is 0. The van der Waals surface area contributed by atoms with Crippen LogP contribution in [0.5, 0.6) is 0 Å². The van der Waals surface area contributed by atoms with Crippen LogP contribution in [0.25, 0.3) is 11.0 Å². The van der Waals surface area contributed by atoms with Gasteiger partial charge >= 0.3 is 0 Å². The summed E-state index contributed by atoms with van der Waals surface area (Å²) in [5, 5.41) is 16.0. The van der Waals surface area contributed by atoms with Gasteiger partial charge < -0.3 is 5.32 Å². The molecule has 2 aromatic heterocycles. The Kier molecular flexibility index (Phi) is 3.83. The molecule has 118 valence electrons. The predicted octanol–water partition coefficient (Wildman–Crippen LogP) is 3.68. The average molecular weight is 326 g/mol. The van der Waals surface area contributed by atoms with E-state index < -0.39 is 0 Å². The number of rotatable bonds is 4. The number of H-pyrrole nitrogens is 1. The molecule has 1 saturated carbocycles. The standard InChI is InChI=1S/C17H18N4OS/c22-17(12-7-8-13-14(10-12)20-21-19-13)18-16(11-4-1-2-5-11)15-6-3-9-23-15/h3,6-11,16H,1-2,4-5H2,(H,18,22)(H,19,20,21)/t16-/m1/s1. The molecular formula is C17H18N4OS. The fourth-order valence-electron chi connectivity index (χ4n) is 3.39. The number of aromatic amines is 1. The summed E-state index contributed by atoms with van der Waals surface area (Å²) in [6.07, 6.45) is 4.89. The topological polar surface area (TPSA) is 70.7 Å². The number of carbonyl (C=O) groups is 1. The van der Waals surface area contributed by atoms with Gasteiger partial charge in [0, 0.05) is 10.4 Å². The van der Waals surface area contributed by atoms with Crippen molar-refractivity contribution in [2.45, 2.75) is 31.7 Å². The lowest BCUT2D eigenvalue weighted by molar-refractivity contribution is 0.0923. The van der Waals surface area contributed by atoms with Crippen molar-refractivity contribution in [3.05, 3.63) is 46.2 Å². The molecule has 1 amide bonds. The number of aromatic nitrogens is 3. The number of carbonyl (C=O) groups excluding carboxylic acids is 1. The molecule has 1 atom stereocenters. The molecule has 4 rings (SSSR count). The molecule has 1 fully saturated rings. The van der Waals surface area contributed by atoms with Crippen LogP contribution in [0.15, 0.2) is 35.7 Å². The number of hydrogen-bond acceptors (Lipinski definition) is 4. The molecule has 1 aliphatic rings. The van der Waals surface area contributed by atoms with Gasteiger partial charge in [0.1, 0.15) is 11.0 Å². The minimum absolute atomic E-state index is 0.0415. The molecule has 6 heteroatoms. The lowest BCUT2D eigenvalue weighted by Crippen LogP contribution is -2.32. The van der Waals surface area contributed by atoms with Crippen LogP contribution in [0.2, 0.25) is 0 Å². The highest BCUT2D eigenvalue weighted by Crippen LogP contribution is 2.37. The third-order valence-corrected chi connectivity index (χ3v) is 5.54. The highest BCUT2D eigenvalue weighted by atomic mass is 32.1. The number of nitrogens with zero attached hydrogens (tertiary/aromatic N) is 2. The fourth-order valence-corrected chi connectivity index (χ4v) is 4.26. The summed E-state index contributed by atoms with van der Waals surface area (Å²) >= 11 is 1.72. The second kappa shape index (κ2) is 6.12. The molecule has 23 heavy (non-hydrogen) atoms. The second-order valence-electron chi connectivity index (χ2n) is 6.04. The number of hydrogen-bond donors (Lipinski definition) is 2. The summed E-state index contributed by atoms with van der Waals surface area (Å²) in [7, 11) is 0. The first-order valence-corrected chi connectivity index (χ1v) is 8.84. The Bertz CT molecular complexity index is 805. The van der Waals surface area contributed by atoms with E-state index >= 15 is 0 Å². The fraction of sp³-hybridized carbons (Fsp3) is 0.353. The molecule has 0 spiro atoms. The molecule has 3 aromatic rings. The van der Waals surface area contributed by atoms with Gasteiger partial charge in [-0.05, 0) is 48.4 Å². The van der Waals surface area contributed by atoms with Crippen molar-refractivity contribution in [1.29, 1.82) is 0 Å². The third kappa shape index (κ3) is 2.86. The molecular weight excluding hydrogens is 308 g/mol. The minimum Gasteiger partial charge on any atom is -0.344 e. The first-order chi connectivity index (χ1) is 11.3. The van der Waals surface area contributed by atoms with E-state index in [1.165, 1.54) is 30.6 Å².